The highest BCUT2D eigenvalue weighted by Crippen LogP contribution is 2.51. The summed E-state index contributed by atoms with van der Waals surface area (Å²) in [6.45, 7) is 0. The molecule has 2 heteroatoms. The minimum atomic E-state index is 0.0138. The number of fused-ring (bicyclic) bond motifs is 9. The van der Waals surface area contributed by atoms with Crippen LogP contribution in [-0.2, 0) is 0 Å². The van der Waals surface area contributed by atoms with Gasteiger partial charge in [0.15, 0.2) is 0 Å². The first-order chi connectivity index (χ1) is 25.8. The second kappa shape index (κ2) is 11.4. The van der Waals surface area contributed by atoms with Gasteiger partial charge in [-0.2, -0.15) is 0 Å². The maximum absolute atomic E-state index is 5.70. The van der Waals surface area contributed by atoms with E-state index in [1.807, 2.05) is 0 Å². The summed E-state index contributed by atoms with van der Waals surface area (Å²) in [4.78, 5) is 11.4. The van der Waals surface area contributed by atoms with Crippen LogP contribution in [0.5, 0.6) is 0 Å². The molecule has 2 heterocycles. The highest BCUT2D eigenvalue weighted by Gasteiger charge is 2.33. The molecule has 2 aliphatic carbocycles. The molecular formula is C50H32N2. The van der Waals surface area contributed by atoms with Crippen molar-refractivity contribution < 1.29 is 0 Å². The summed E-state index contributed by atoms with van der Waals surface area (Å²) >= 11 is 0. The summed E-state index contributed by atoms with van der Waals surface area (Å²) in [5, 5.41) is 2.22. The Balaban J connectivity index is 1.25. The number of benzene rings is 7. The first-order valence-electron chi connectivity index (χ1n) is 18.1. The lowest BCUT2D eigenvalue weighted by Gasteiger charge is -2.20. The predicted molar refractivity (Wildman–Crippen MR) is 214 cm³/mol. The van der Waals surface area contributed by atoms with Crippen molar-refractivity contribution in [2.45, 2.75) is 11.8 Å². The molecule has 0 saturated carbocycles. The van der Waals surface area contributed by atoms with Crippen molar-refractivity contribution in [3.05, 3.63) is 216 Å². The third-order valence-corrected chi connectivity index (χ3v) is 11.2. The number of hydrogen-bond donors (Lipinski definition) is 0. The first kappa shape index (κ1) is 29.1. The zero-order valence-corrected chi connectivity index (χ0v) is 28.4. The molecule has 0 radical (unpaired) electrons. The fraction of sp³-hybridized carbons (Fsp3) is 0.0400. The zero-order valence-electron chi connectivity index (χ0n) is 28.4. The molecule has 11 rings (SSSR count). The molecule has 52 heavy (non-hydrogen) atoms. The molecule has 2 aromatic heterocycles. The fourth-order valence-electron chi connectivity index (χ4n) is 8.97. The largest absolute Gasteiger partial charge is 0.249 e. The van der Waals surface area contributed by atoms with Crippen LogP contribution in [0.1, 0.15) is 45.5 Å². The van der Waals surface area contributed by atoms with E-state index in [0.29, 0.717) is 0 Å². The summed E-state index contributed by atoms with van der Waals surface area (Å²) in [6.07, 6.45) is 0. The molecule has 9 aromatic rings. The Bertz CT molecular complexity index is 2570. The van der Waals surface area contributed by atoms with Crippen LogP contribution in [0, 0.1) is 0 Å². The standard InChI is InChI=1S/C50H32N2/c1-3-15-31(16-4-1)43-29-45(47-37-23-11-7-19-33(37)34-20-8-12-24-38(34)47)51-49-41(43)27-28-42-44(32-17-5-2-6-18-32)30-46(52-50(42)49)48-39-25-13-9-21-35(39)36-22-10-14-26-40(36)48/h1-30,47-48H. The number of hydrogen-bond acceptors (Lipinski definition) is 2. The van der Waals surface area contributed by atoms with Gasteiger partial charge in [-0.25, -0.2) is 9.97 Å². The Morgan fingerprint density at radius 2 is 0.596 bits per heavy atom. The van der Waals surface area contributed by atoms with Gasteiger partial charge in [0, 0.05) is 10.8 Å². The second-order valence-corrected chi connectivity index (χ2v) is 14.0. The van der Waals surface area contributed by atoms with Gasteiger partial charge < -0.3 is 0 Å². The number of aromatic nitrogens is 2. The molecule has 242 valence electrons. The average molecular weight is 661 g/mol. The van der Waals surface area contributed by atoms with Crippen LogP contribution in [0.2, 0.25) is 0 Å². The molecule has 0 bridgehead atoms. The van der Waals surface area contributed by atoms with Crippen molar-refractivity contribution >= 4 is 21.8 Å². The van der Waals surface area contributed by atoms with Crippen LogP contribution in [0.4, 0.5) is 0 Å². The van der Waals surface area contributed by atoms with Gasteiger partial charge in [-0.05, 0) is 78.9 Å². The molecule has 0 N–H and O–H groups in total. The minimum absolute atomic E-state index is 0.0138. The van der Waals surface area contributed by atoms with E-state index in [1.54, 1.807) is 0 Å². The number of rotatable bonds is 4. The molecule has 0 unspecified atom stereocenters. The maximum atomic E-state index is 5.70. The lowest BCUT2D eigenvalue weighted by molar-refractivity contribution is 0.953. The Morgan fingerprint density at radius 1 is 0.288 bits per heavy atom. The topological polar surface area (TPSA) is 25.8 Å². The molecule has 2 aliphatic rings. The van der Waals surface area contributed by atoms with Gasteiger partial charge in [0.2, 0.25) is 0 Å². The van der Waals surface area contributed by atoms with Gasteiger partial charge in [0.1, 0.15) is 0 Å². The van der Waals surface area contributed by atoms with Gasteiger partial charge in [0.05, 0.1) is 34.3 Å². The van der Waals surface area contributed by atoms with Gasteiger partial charge in [-0.3, -0.25) is 0 Å². The van der Waals surface area contributed by atoms with Crippen LogP contribution >= 0.6 is 0 Å². The average Bonchev–Trinajstić information content (AvgIpc) is 3.74. The number of nitrogens with zero attached hydrogens (tertiary/aromatic N) is 2. The molecule has 0 aliphatic heterocycles. The van der Waals surface area contributed by atoms with Gasteiger partial charge >= 0.3 is 0 Å². The molecule has 0 atom stereocenters. The van der Waals surface area contributed by atoms with Crippen LogP contribution in [0.3, 0.4) is 0 Å². The van der Waals surface area contributed by atoms with E-state index in [-0.39, 0.29) is 11.8 Å². The molecule has 0 fully saturated rings. The van der Waals surface area contributed by atoms with E-state index in [1.165, 1.54) is 66.8 Å². The molecule has 0 amide bonds. The smallest absolute Gasteiger partial charge is 0.0974 e. The summed E-state index contributed by atoms with van der Waals surface area (Å²) in [5.74, 6) is 0.0276. The van der Waals surface area contributed by atoms with Crippen molar-refractivity contribution in [1.29, 1.82) is 0 Å². The summed E-state index contributed by atoms with van der Waals surface area (Å²) in [6, 6.07) is 66.0. The molecule has 7 aromatic carbocycles. The Kier molecular flexibility index (Phi) is 6.41. The molecule has 2 nitrogen and oxygen atoms in total. The van der Waals surface area contributed by atoms with Gasteiger partial charge in [0.25, 0.3) is 0 Å². The molecular weight excluding hydrogens is 629 g/mol. The molecule has 0 spiro atoms. The minimum Gasteiger partial charge on any atom is -0.249 e. The van der Waals surface area contributed by atoms with E-state index < -0.39 is 0 Å². The van der Waals surface area contributed by atoms with Gasteiger partial charge in [-0.15, -0.1) is 0 Å². The van der Waals surface area contributed by atoms with Gasteiger partial charge in [-0.1, -0.05) is 170 Å². The Hall–Kier alpha value is -6.64. The second-order valence-electron chi connectivity index (χ2n) is 14.0. The highest BCUT2D eigenvalue weighted by molar-refractivity contribution is 6.12. The zero-order chi connectivity index (χ0) is 34.2. The highest BCUT2D eigenvalue weighted by atomic mass is 14.8. The predicted octanol–water partition coefficient (Wildman–Crippen LogP) is 12.4. The van der Waals surface area contributed by atoms with E-state index in [0.717, 1.165) is 33.2 Å². The van der Waals surface area contributed by atoms with Crippen molar-refractivity contribution in [1.82, 2.24) is 9.97 Å². The quantitative estimate of drug-likeness (QED) is 0.176. The van der Waals surface area contributed by atoms with Crippen molar-refractivity contribution in [3.63, 3.8) is 0 Å². The Morgan fingerprint density at radius 3 is 0.942 bits per heavy atom. The summed E-state index contributed by atoms with van der Waals surface area (Å²) < 4.78 is 0. The van der Waals surface area contributed by atoms with Crippen LogP contribution < -0.4 is 0 Å². The van der Waals surface area contributed by atoms with E-state index in [4.69, 9.17) is 9.97 Å². The van der Waals surface area contributed by atoms with E-state index >= 15 is 0 Å². The number of pyridine rings is 2. The lowest BCUT2D eigenvalue weighted by atomic mass is 9.88. The monoisotopic (exact) mass is 660 g/mol. The maximum Gasteiger partial charge on any atom is 0.0974 e. The fourth-order valence-corrected chi connectivity index (χ4v) is 8.97. The van der Waals surface area contributed by atoms with Crippen LogP contribution in [-0.4, -0.2) is 9.97 Å². The lowest BCUT2D eigenvalue weighted by Crippen LogP contribution is -2.06. The van der Waals surface area contributed by atoms with Crippen LogP contribution in [0.25, 0.3) is 66.3 Å². The van der Waals surface area contributed by atoms with Crippen LogP contribution in [0.15, 0.2) is 182 Å². The van der Waals surface area contributed by atoms with E-state index in [2.05, 4.69) is 182 Å². The van der Waals surface area contributed by atoms with Crippen molar-refractivity contribution in [2.24, 2.45) is 0 Å². The van der Waals surface area contributed by atoms with E-state index in [9.17, 15) is 0 Å². The summed E-state index contributed by atoms with van der Waals surface area (Å²) in [5.41, 5.74) is 19.0. The Labute approximate surface area is 302 Å². The normalized spacial score (nSPS) is 13.2. The van der Waals surface area contributed by atoms with Crippen molar-refractivity contribution in [2.75, 3.05) is 0 Å². The summed E-state index contributed by atoms with van der Waals surface area (Å²) in [7, 11) is 0. The third-order valence-electron chi connectivity index (χ3n) is 11.2. The first-order valence-corrected chi connectivity index (χ1v) is 18.1. The third kappa shape index (κ3) is 4.31. The van der Waals surface area contributed by atoms with Crippen molar-refractivity contribution in [3.8, 4) is 44.5 Å². The SMILES string of the molecule is c1ccc(-c2cc(C3c4ccccc4-c4ccccc43)nc3c2ccc2c(-c4ccccc4)cc(C4c5ccccc5-c5ccccc54)nc23)cc1. The molecule has 0 saturated heterocycles.